The van der Waals surface area contributed by atoms with E-state index < -0.39 is 0 Å². The number of hydrogen-bond donors (Lipinski definition) is 0. The molecule has 0 N–H and O–H groups in total. The van der Waals surface area contributed by atoms with E-state index in [2.05, 4.69) is 180 Å². The fourth-order valence-electron chi connectivity index (χ4n) is 7.81. The Morgan fingerprint density at radius 2 is 0.830 bits per heavy atom. The molecular weight excluding hydrogens is 567 g/mol. The third-order valence-electron chi connectivity index (χ3n) is 9.92. The molecule has 1 aromatic heterocycles. The molecule has 0 saturated carbocycles. The van der Waals surface area contributed by atoms with E-state index in [4.69, 9.17) is 0 Å². The lowest BCUT2D eigenvalue weighted by molar-refractivity contribution is 1.18. The van der Waals surface area contributed by atoms with Crippen molar-refractivity contribution < 1.29 is 0 Å². The van der Waals surface area contributed by atoms with Crippen molar-refractivity contribution in [3.05, 3.63) is 176 Å². The Morgan fingerprint density at radius 3 is 1.55 bits per heavy atom. The molecule has 0 atom stereocenters. The highest BCUT2D eigenvalue weighted by molar-refractivity contribution is 6.26. The standard InChI is InChI=1S/C46H29N/c1-2-14-35(15-3-1)47-44-21-11-10-18-38(44)43-27-33(24-25-45(43)47)42-29-34-28-41(32-23-22-30-12-4-5-13-31(30)26-32)36-16-6-8-19-39(36)46(34)40-20-9-7-17-37(40)42/h1-29H. The molecule has 1 heteroatoms. The van der Waals surface area contributed by atoms with E-state index in [1.165, 1.54) is 92.8 Å². The fraction of sp³-hybridized carbons (Fsp3) is 0. The maximum absolute atomic E-state index is 2.42. The number of para-hydroxylation sites is 2. The van der Waals surface area contributed by atoms with Crippen molar-refractivity contribution in [1.82, 2.24) is 4.57 Å². The van der Waals surface area contributed by atoms with Crippen molar-refractivity contribution in [2.24, 2.45) is 0 Å². The molecule has 1 nitrogen and oxygen atoms in total. The first-order valence-electron chi connectivity index (χ1n) is 16.3. The number of benzene rings is 9. The average molecular weight is 596 g/mol. The second kappa shape index (κ2) is 10.2. The van der Waals surface area contributed by atoms with Gasteiger partial charge in [-0.3, -0.25) is 0 Å². The molecule has 0 aliphatic rings. The summed E-state index contributed by atoms with van der Waals surface area (Å²) in [5.74, 6) is 0. The summed E-state index contributed by atoms with van der Waals surface area (Å²) in [6.45, 7) is 0. The second-order valence-electron chi connectivity index (χ2n) is 12.5. The summed E-state index contributed by atoms with van der Waals surface area (Å²) >= 11 is 0. The van der Waals surface area contributed by atoms with Crippen LogP contribution in [-0.2, 0) is 0 Å². The van der Waals surface area contributed by atoms with E-state index >= 15 is 0 Å². The Morgan fingerprint density at radius 1 is 0.298 bits per heavy atom. The van der Waals surface area contributed by atoms with Crippen molar-refractivity contribution >= 4 is 64.9 Å². The highest BCUT2D eigenvalue weighted by Crippen LogP contribution is 2.43. The molecule has 0 spiro atoms. The zero-order valence-electron chi connectivity index (χ0n) is 25.7. The minimum absolute atomic E-state index is 1.18. The van der Waals surface area contributed by atoms with Crippen LogP contribution in [-0.4, -0.2) is 4.57 Å². The minimum Gasteiger partial charge on any atom is -0.309 e. The summed E-state index contributed by atoms with van der Waals surface area (Å²) in [5, 5.41) is 12.8. The Kier molecular flexibility index (Phi) is 5.64. The Bertz CT molecular complexity index is 2840. The van der Waals surface area contributed by atoms with E-state index in [0.717, 1.165) is 0 Å². The van der Waals surface area contributed by atoms with Crippen LogP contribution in [0.3, 0.4) is 0 Å². The molecule has 218 valence electrons. The van der Waals surface area contributed by atoms with Gasteiger partial charge in [-0.15, -0.1) is 0 Å². The number of hydrogen-bond acceptors (Lipinski definition) is 0. The van der Waals surface area contributed by atoms with E-state index in [1.54, 1.807) is 0 Å². The largest absolute Gasteiger partial charge is 0.309 e. The van der Waals surface area contributed by atoms with Gasteiger partial charge in [0.25, 0.3) is 0 Å². The highest BCUT2D eigenvalue weighted by Gasteiger charge is 2.17. The predicted molar refractivity (Wildman–Crippen MR) is 202 cm³/mol. The van der Waals surface area contributed by atoms with Gasteiger partial charge in [0.2, 0.25) is 0 Å². The number of fused-ring (bicyclic) bond motifs is 9. The van der Waals surface area contributed by atoms with Crippen LogP contribution in [0.4, 0.5) is 0 Å². The fourth-order valence-corrected chi connectivity index (χ4v) is 7.81. The minimum atomic E-state index is 1.18. The summed E-state index contributed by atoms with van der Waals surface area (Å²) in [5.41, 5.74) is 8.61. The van der Waals surface area contributed by atoms with Crippen LogP contribution in [0.1, 0.15) is 0 Å². The van der Waals surface area contributed by atoms with E-state index in [1.807, 2.05) is 0 Å². The molecule has 0 aliphatic carbocycles. The molecule has 0 saturated heterocycles. The molecule has 0 radical (unpaired) electrons. The second-order valence-corrected chi connectivity index (χ2v) is 12.5. The summed E-state index contributed by atoms with van der Waals surface area (Å²) in [6, 6.07) is 64.6. The molecule has 9 aromatic carbocycles. The smallest absolute Gasteiger partial charge is 0.0541 e. The molecular formula is C46H29N. The molecule has 0 unspecified atom stereocenters. The number of nitrogens with zero attached hydrogens (tertiary/aromatic N) is 1. The van der Waals surface area contributed by atoms with Crippen molar-refractivity contribution in [3.8, 4) is 27.9 Å². The van der Waals surface area contributed by atoms with Crippen molar-refractivity contribution in [1.29, 1.82) is 0 Å². The highest BCUT2D eigenvalue weighted by atomic mass is 15.0. The average Bonchev–Trinajstić information content (AvgIpc) is 3.48. The molecule has 0 aliphatic heterocycles. The third kappa shape index (κ3) is 3.97. The maximum Gasteiger partial charge on any atom is 0.0541 e. The Hall–Kier alpha value is -6.18. The number of rotatable bonds is 3. The van der Waals surface area contributed by atoms with Crippen LogP contribution in [0, 0.1) is 0 Å². The van der Waals surface area contributed by atoms with Crippen LogP contribution in [0.15, 0.2) is 176 Å². The monoisotopic (exact) mass is 595 g/mol. The van der Waals surface area contributed by atoms with E-state index in [9.17, 15) is 0 Å². The first-order valence-corrected chi connectivity index (χ1v) is 16.3. The molecule has 0 bridgehead atoms. The van der Waals surface area contributed by atoms with Crippen molar-refractivity contribution in [2.75, 3.05) is 0 Å². The lowest BCUT2D eigenvalue weighted by Crippen LogP contribution is -1.93. The van der Waals surface area contributed by atoms with E-state index in [0.29, 0.717) is 0 Å². The molecule has 10 aromatic rings. The van der Waals surface area contributed by atoms with Gasteiger partial charge < -0.3 is 4.57 Å². The SMILES string of the molecule is c1ccc(-n2c3ccccc3c3cc(-c4cc5cc(-c6ccc7ccccc7c6)c6ccccc6c5c5ccccc45)ccc32)cc1. The molecule has 0 amide bonds. The Labute approximate surface area is 272 Å². The zero-order valence-corrected chi connectivity index (χ0v) is 25.7. The topological polar surface area (TPSA) is 4.93 Å². The summed E-state index contributed by atoms with van der Waals surface area (Å²) < 4.78 is 2.38. The lowest BCUT2D eigenvalue weighted by atomic mass is 9.87. The molecule has 1 heterocycles. The van der Waals surface area contributed by atoms with Gasteiger partial charge in [-0.05, 0) is 114 Å². The normalized spacial score (nSPS) is 11.8. The van der Waals surface area contributed by atoms with Crippen LogP contribution in [0.5, 0.6) is 0 Å². The van der Waals surface area contributed by atoms with Crippen molar-refractivity contribution in [3.63, 3.8) is 0 Å². The molecule has 0 fully saturated rings. The van der Waals surface area contributed by atoms with Gasteiger partial charge in [0.1, 0.15) is 0 Å². The van der Waals surface area contributed by atoms with Gasteiger partial charge in [0.15, 0.2) is 0 Å². The van der Waals surface area contributed by atoms with Gasteiger partial charge in [-0.1, -0.05) is 127 Å². The summed E-state index contributed by atoms with van der Waals surface area (Å²) in [4.78, 5) is 0. The quantitative estimate of drug-likeness (QED) is 0.179. The lowest BCUT2D eigenvalue weighted by Gasteiger charge is -2.16. The summed E-state index contributed by atoms with van der Waals surface area (Å²) in [7, 11) is 0. The number of aromatic nitrogens is 1. The van der Waals surface area contributed by atoms with Crippen molar-refractivity contribution in [2.45, 2.75) is 0 Å². The third-order valence-corrected chi connectivity index (χ3v) is 9.92. The Balaban J connectivity index is 1.27. The first-order chi connectivity index (χ1) is 23.3. The predicted octanol–water partition coefficient (Wildman–Crippen LogP) is 12.7. The molecule has 47 heavy (non-hydrogen) atoms. The molecule has 10 rings (SSSR count). The first kappa shape index (κ1) is 26.1. The van der Waals surface area contributed by atoms with Crippen LogP contribution < -0.4 is 0 Å². The zero-order chi connectivity index (χ0) is 30.9. The van der Waals surface area contributed by atoms with Gasteiger partial charge >= 0.3 is 0 Å². The van der Waals surface area contributed by atoms with Crippen LogP contribution in [0.25, 0.3) is 92.8 Å². The van der Waals surface area contributed by atoms with Crippen LogP contribution >= 0.6 is 0 Å². The maximum atomic E-state index is 2.42. The van der Waals surface area contributed by atoms with Gasteiger partial charge in [-0.25, -0.2) is 0 Å². The van der Waals surface area contributed by atoms with Gasteiger partial charge in [0.05, 0.1) is 11.0 Å². The summed E-state index contributed by atoms with van der Waals surface area (Å²) in [6.07, 6.45) is 0. The van der Waals surface area contributed by atoms with Gasteiger partial charge in [0, 0.05) is 16.5 Å². The van der Waals surface area contributed by atoms with E-state index in [-0.39, 0.29) is 0 Å². The van der Waals surface area contributed by atoms with Gasteiger partial charge in [-0.2, -0.15) is 0 Å². The van der Waals surface area contributed by atoms with Crippen LogP contribution in [0.2, 0.25) is 0 Å².